The summed E-state index contributed by atoms with van der Waals surface area (Å²) in [5.41, 5.74) is 1.07. The van der Waals surface area contributed by atoms with Crippen LogP contribution in [0, 0.1) is 0 Å². The summed E-state index contributed by atoms with van der Waals surface area (Å²) in [6.07, 6.45) is 7.76. The predicted molar refractivity (Wildman–Crippen MR) is 52.5 cm³/mol. The average molecular weight is 189 g/mol. The summed E-state index contributed by atoms with van der Waals surface area (Å²) < 4.78 is 0. The maximum Gasteiger partial charge on any atom is 0.228 e. The van der Waals surface area contributed by atoms with Gasteiger partial charge in [-0.3, -0.25) is 10.1 Å². The van der Waals surface area contributed by atoms with E-state index in [1.54, 1.807) is 0 Å². The van der Waals surface area contributed by atoms with E-state index in [1.807, 2.05) is 12.2 Å². The number of aliphatic imine (C=N–C) groups is 1. The number of carbonyl (C=O) groups excluding carboxylic acids is 1. The number of fused-ring (bicyclic) bond motifs is 3. The van der Waals surface area contributed by atoms with E-state index >= 15 is 0 Å². The van der Waals surface area contributed by atoms with Crippen LogP contribution in [0.4, 0.5) is 0 Å². The zero-order valence-corrected chi connectivity index (χ0v) is 7.73. The number of amides is 1. The summed E-state index contributed by atoms with van der Waals surface area (Å²) in [6, 6.07) is 0.357. The Bertz CT molecular complexity index is 381. The van der Waals surface area contributed by atoms with E-state index < -0.39 is 0 Å². The Balaban J connectivity index is 1.95. The second-order valence-electron chi connectivity index (χ2n) is 3.70. The van der Waals surface area contributed by atoms with Crippen molar-refractivity contribution in [2.75, 3.05) is 6.54 Å². The molecule has 0 aromatic heterocycles. The highest BCUT2D eigenvalue weighted by Crippen LogP contribution is 2.27. The molecule has 0 aromatic carbocycles. The molecule has 0 aromatic rings. The molecular formula is C10H11N3O. The lowest BCUT2D eigenvalue weighted by molar-refractivity contribution is -0.120. The fourth-order valence-electron chi connectivity index (χ4n) is 2.11. The minimum absolute atomic E-state index is 0.0761. The molecule has 2 aliphatic heterocycles. The normalized spacial score (nSPS) is 29.0. The SMILES string of the molecule is O=C1CCN2C(=NC3=CC=CCC32)N1. The lowest BCUT2D eigenvalue weighted by Crippen LogP contribution is -2.51. The van der Waals surface area contributed by atoms with Crippen molar-refractivity contribution in [3.63, 3.8) is 0 Å². The van der Waals surface area contributed by atoms with E-state index in [-0.39, 0.29) is 5.91 Å². The standard InChI is InChI=1S/C10H11N3O/c14-9-5-6-13-8-4-2-1-3-7(8)11-10(13)12-9/h1-3,8H,4-6H2,(H,11,12,14). The topological polar surface area (TPSA) is 44.7 Å². The van der Waals surface area contributed by atoms with Gasteiger partial charge >= 0.3 is 0 Å². The molecule has 0 spiro atoms. The minimum Gasteiger partial charge on any atom is -0.333 e. The molecule has 4 heteroatoms. The van der Waals surface area contributed by atoms with E-state index in [0.29, 0.717) is 12.5 Å². The van der Waals surface area contributed by atoms with Crippen molar-refractivity contribution in [3.05, 3.63) is 23.9 Å². The van der Waals surface area contributed by atoms with Crippen molar-refractivity contribution >= 4 is 11.9 Å². The average Bonchev–Trinajstić information content (AvgIpc) is 2.54. The van der Waals surface area contributed by atoms with Crippen LogP contribution in [0.1, 0.15) is 12.8 Å². The van der Waals surface area contributed by atoms with Crippen molar-refractivity contribution in [1.82, 2.24) is 10.2 Å². The number of nitrogens with zero attached hydrogens (tertiary/aromatic N) is 2. The maximum atomic E-state index is 11.2. The Morgan fingerprint density at radius 1 is 1.57 bits per heavy atom. The Hall–Kier alpha value is -1.58. The van der Waals surface area contributed by atoms with Gasteiger partial charge in [-0.25, -0.2) is 4.99 Å². The second-order valence-corrected chi connectivity index (χ2v) is 3.70. The molecule has 0 bridgehead atoms. The van der Waals surface area contributed by atoms with Crippen molar-refractivity contribution in [2.45, 2.75) is 18.9 Å². The lowest BCUT2D eigenvalue weighted by atomic mass is 10.0. The highest BCUT2D eigenvalue weighted by atomic mass is 16.2. The molecule has 1 unspecified atom stereocenters. The molecule has 0 radical (unpaired) electrons. The quantitative estimate of drug-likeness (QED) is 0.599. The van der Waals surface area contributed by atoms with E-state index in [4.69, 9.17) is 0 Å². The minimum atomic E-state index is 0.0761. The largest absolute Gasteiger partial charge is 0.333 e. The number of guanidine groups is 1. The molecule has 1 aliphatic carbocycles. The fraction of sp³-hybridized carbons (Fsp3) is 0.400. The van der Waals surface area contributed by atoms with Crippen LogP contribution >= 0.6 is 0 Å². The molecule has 72 valence electrons. The number of nitrogens with one attached hydrogen (secondary N) is 1. The maximum absolute atomic E-state index is 11.2. The fourth-order valence-corrected chi connectivity index (χ4v) is 2.11. The van der Waals surface area contributed by atoms with Crippen LogP contribution in [0.15, 0.2) is 28.9 Å². The van der Waals surface area contributed by atoms with Gasteiger partial charge in [0.2, 0.25) is 11.9 Å². The highest BCUT2D eigenvalue weighted by molar-refractivity contribution is 6.01. The first-order valence-electron chi connectivity index (χ1n) is 4.86. The van der Waals surface area contributed by atoms with E-state index in [9.17, 15) is 4.79 Å². The van der Waals surface area contributed by atoms with Crippen LogP contribution in [0.25, 0.3) is 0 Å². The van der Waals surface area contributed by atoms with Gasteiger partial charge in [-0.2, -0.15) is 0 Å². The van der Waals surface area contributed by atoms with Crippen LogP contribution in [0.2, 0.25) is 0 Å². The summed E-state index contributed by atoms with van der Waals surface area (Å²) in [5.74, 6) is 0.813. The van der Waals surface area contributed by atoms with Gasteiger partial charge < -0.3 is 4.90 Å². The Morgan fingerprint density at radius 3 is 3.43 bits per heavy atom. The van der Waals surface area contributed by atoms with Crippen molar-refractivity contribution in [2.24, 2.45) is 4.99 Å². The van der Waals surface area contributed by atoms with Crippen LogP contribution in [-0.2, 0) is 4.79 Å². The molecule has 4 nitrogen and oxygen atoms in total. The van der Waals surface area contributed by atoms with Gasteiger partial charge in [0.05, 0.1) is 11.7 Å². The van der Waals surface area contributed by atoms with Gasteiger partial charge in [0.15, 0.2) is 0 Å². The third-order valence-corrected chi connectivity index (χ3v) is 2.82. The monoisotopic (exact) mass is 189 g/mol. The molecule has 3 rings (SSSR count). The van der Waals surface area contributed by atoms with Crippen LogP contribution in [0.5, 0.6) is 0 Å². The Morgan fingerprint density at radius 2 is 2.50 bits per heavy atom. The Kier molecular flexibility index (Phi) is 1.50. The lowest BCUT2D eigenvalue weighted by Gasteiger charge is -2.31. The van der Waals surface area contributed by atoms with Gasteiger partial charge in [0, 0.05) is 13.0 Å². The molecule has 1 saturated heterocycles. The predicted octanol–water partition coefficient (Wildman–Crippen LogP) is 0.390. The van der Waals surface area contributed by atoms with Gasteiger partial charge in [-0.15, -0.1) is 0 Å². The van der Waals surface area contributed by atoms with Crippen molar-refractivity contribution in [1.29, 1.82) is 0 Å². The molecular weight excluding hydrogens is 178 g/mol. The van der Waals surface area contributed by atoms with Gasteiger partial charge in [0.25, 0.3) is 0 Å². The Labute approximate surface area is 82.0 Å². The first-order valence-corrected chi connectivity index (χ1v) is 4.86. The molecule has 1 fully saturated rings. The van der Waals surface area contributed by atoms with Crippen molar-refractivity contribution < 1.29 is 4.79 Å². The number of allylic oxidation sites excluding steroid dienone is 2. The first-order chi connectivity index (χ1) is 6.84. The summed E-state index contributed by atoms with van der Waals surface area (Å²) in [5, 5.41) is 2.80. The molecule has 1 N–H and O–H groups in total. The van der Waals surface area contributed by atoms with E-state index in [2.05, 4.69) is 21.3 Å². The highest BCUT2D eigenvalue weighted by Gasteiger charge is 2.35. The summed E-state index contributed by atoms with van der Waals surface area (Å²) >= 11 is 0. The molecule has 1 amide bonds. The van der Waals surface area contributed by atoms with Gasteiger partial charge in [-0.1, -0.05) is 12.2 Å². The van der Waals surface area contributed by atoms with Crippen LogP contribution in [-0.4, -0.2) is 29.4 Å². The van der Waals surface area contributed by atoms with Crippen molar-refractivity contribution in [3.8, 4) is 0 Å². The summed E-state index contributed by atoms with van der Waals surface area (Å²) in [4.78, 5) is 17.7. The summed E-state index contributed by atoms with van der Waals surface area (Å²) in [7, 11) is 0. The number of hydrogen-bond donors (Lipinski definition) is 1. The third-order valence-electron chi connectivity index (χ3n) is 2.82. The zero-order chi connectivity index (χ0) is 9.54. The zero-order valence-electron chi connectivity index (χ0n) is 7.73. The molecule has 3 aliphatic rings. The molecule has 14 heavy (non-hydrogen) atoms. The first kappa shape index (κ1) is 7.79. The second kappa shape index (κ2) is 2.70. The number of carbonyl (C=O) groups is 1. The van der Waals surface area contributed by atoms with E-state index in [0.717, 1.165) is 24.6 Å². The van der Waals surface area contributed by atoms with E-state index in [1.165, 1.54) is 0 Å². The molecule has 0 saturated carbocycles. The number of rotatable bonds is 0. The third kappa shape index (κ3) is 0.999. The van der Waals surface area contributed by atoms with Crippen LogP contribution < -0.4 is 5.32 Å². The smallest absolute Gasteiger partial charge is 0.228 e. The molecule has 2 heterocycles. The van der Waals surface area contributed by atoms with Gasteiger partial charge in [0.1, 0.15) is 0 Å². The number of hydrogen-bond acceptors (Lipinski definition) is 3. The van der Waals surface area contributed by atoms with Crippen LogP contribution in [0.3, 0.4) is 0 Å². The molecule has 1 atom stereocenters. The van der Waals surface area contributed by atoms with Gasteiger partial charge in [-0.05, 0) is 12.5 Å². The summed E-state index contributed by atoms with van der Waals surface area (Å²) in [6.45, 7) is 0.792.